The van der Waals surface area contributed by atoms with Crippen LogP contribution in [0, 0.1) is 6.92 Å². The number of amides is 1. The van der Waals surface area contributed by atoms with Crippen LogP contribution < -0.4 is 5.32 Å². The van der Waals surface area contributed by atoms with Crippen molar-refractivity contribution in [2.45, 2.75) is 25.2 Å². The van der Waals surface area contributed by atoms with Gasteiger partial charge in [-0.05, 0) is 42.3 Å². The van der Waals surface area contributed by atoms with Gasteiger partial charge in [0.05, 0.1) is 24.3 Å². The molecule has 0 aliphatic rings. The summed E-state index contributed by atoms with van der Waals surface area (Å²) in [5, 5.41) is 13.8. The molecule has 1 amide bonds. The number of aliphatic hydroxyl groups excluding tert-OH is 1. The maximum atomic E-state index is 12.2. The Kier molecular flexibility index (Phi) is 6.55. The zero-order valence-electron chi connectivity index (χ0n) is 14.9. The second-order valence-corrected chi connectivity index (χ2v) is 7.49. The van der Waals surface area contributed by atoms with E-state index in [0.29, 0.717) is 22.4 Å². The largest absolute Gasteiger partial charge is 0.390 e. The molecule has 3 rings (SSSR count). The number of thioether (sulfide) groups is 1. The third-order valence-electron chi connectivity index (χ3n) is 3.95. The number of hydrogen-bond acceptors (Lipinski definition) is 4. The van der Waals surface area contributed by atoms with Crippen LogP contribution >= 0.6 is 23.4 Å². The van der Waals surface area contributed by atoms with Gasteiger partial charge in [0, 0.05) is 17.3 Å². The van der Waals surface area contributed by atoms with Gasteiger partial charge in [-0.2, -0.15) is 0 Å². The van der Waals surface area contributed by atoms with Crippen molar-refractivity contribution in [3.05, 3.63) is 76.6 Å². The summed E-state index contributed by atoms with van der Waals surface area (Å²) < 4.78 is 1.91. The van der Waals surface area contributed by atoms with Gasteiger partial charge in [0.2, 0.25) is 5.91 Å². The Morgan fingerprint density at radius 2 is 2.04 bits per heavy atom. The van der Waals surface area contributed by atoms with E-state index in [-0.39, 0.29) is 18.3 Å². The maximum absolute atomic E-state index is 12.2. The summed E-state index contributed by atoms with van der Waals surface area (Å²) in [6, 6.07) is 15.2. The van der Waals surface area contributed by atoms with Crippen molar-refractivity contribution in [3.8, 4) is 0 Å². The van der Waals surface area contributed by atoms with Gasteiger partial charge in [-0.15, -0.1) is 0 Å². The predicted molar refractivity (Wildman–Crippen MR) is 109 cm³/mol. The molecule has 5 nitrogen and oxygen atoms in total. The fourth-order valence-corrected chi connectivity index (χ4v) is 3.55. The Balaban J connectivity index is 1.66. The molecule has 7 heteroatoms. The Bertz CT molecular complexity index is 925. The minimum Gasteiger partial charge on any atom is -0.390 e. The molecule has 0 aliphatic carbocycles. The Hall–Kier alpha value is -2.28. The van der Waals surface area contributed by atoms with Crippen molar-refractivity contribution in [2.24, 2.45) is 0 Å². The van der Waals surface area contributed by atoms with E-state index in [1.54, 1.807) is 6.20 Å². The lowest BCUT2D eigenvalue weighted by atomic mass is 10.2. The number of imidazole rings is 1. The van der Waals surface area contributed by atoms with Gasteiger partial charge in [0.1, 0.15) is 0 Å². The van der Waals surface area contributed by atoms with E-state index in [1.807, 2.05) is 60.0 Å². The van der Waals surface area contributed by atoms with Crippen molar-refractivity contribution < 1.29 is 9.90 Å². The van der Waals surface area contributed by atoms with E-state index < -0.39 is 0 Å². The number of hydrogen-bond donors (Lipinski definition) is 2. The number of benzene rings is 2. The predicted octanol–water partition coefficient (Wildman–Crippen LogP) is 4.12. The topological polar surface area (TPSA) is 67.2 Å². The van der Waals surface area contributed by atoms with Crippen molar-refractivity contribution in [1.82, 2.24) is 9.55 Å². The molecule has 0 saturated heterocycles. The average Bonchev–Trinajstić information content (AvgIpc) is 3.03. The number of aliphatic hydroxyl groups is 1. The molecular formula is C20H20ClN3O2S. The summed E-state index contributed by atoms with van der Waals surface area (Å²) in [6.45, 7) is 2.42. The van der Waals surface area contributed by atoms with Crippen LogP contribution in [0.25, 0.3) is 0 Å². The lowest BCUT2D eigenvalue weighted by Gasteiger charge is -2.11. The number of carbonyl (C=O) groups is 1. The highest BCUT2D eigenvalue weighted by Gasteiger charge is 2.13. The molecule has 2 aromatic carbocycles. The van der Waals surface area contributed by atoms with Crippen LogP contribution in [-0.2, 0) is 17.9 Å². The molecule has 0 fully saturated rings. The molecule has 27 heavy (non-hydrogen) atoms. The SMILES string of the molecule is Cc1cccc(NC(=O)CSc2ncc(CO)n2Cc2ccc(Cl)cc2)c1. The summed E-state index contributed by atoms with van der Waals surface area (Å²) in [5.41, 5.74) is 3.61. The molecule has 2 N–H and O–H groups in total. The summed E-state index contributed by atoms with van der Waals surface area (Å²) in [4.78, 5) is 16.6. The highest BCUT2D eigenvalue weighted by atomic mass is 35.5. The second kappa shape index (κ2) is 9.08. The lowest BCUT2D eigenvalue weighted by Crippen LogP contribution is -2.15. The molecule has 3 aromatic rings. The summed E-state index contributed by atoms with van der Waals surface area (Å²) in [6.07, 6.45) is 1.64. The minimum absolute atomic E-state index is 0.0998. The van der Waals surface area contributed by atoms with E-state index in [0.717, 1.165) is 16.8 Å². The van der Waals surface area contributed by atoms with Crippen molar-refractivity contribution >= 4 is 35.0 Å². The Morgan fingerprint density at radius 3 is 2.74 bits per heavy atom. The van der Waals surface area contributed by atoms with Crippen molar-refractivity contribution in [3.63, 3.8) is 0 Å². The first-order valence-electron chi connectivity index (χ1n) is 8.44. The third kappa shape index (κ3) is 5.35. The first-order chi connectivity index (χ1) is 13.0. The quantitative estimate of drug-likeness (QED) is 0.584. The van der Waals surface area contributed by atoms with Crippen LogP contribution in [0.1, 0.15) is 16.8 Å². The highest BCUT2D eigenvalue weighted by Crippen LogP contribution is 2.21. The molecule has 0 aliphatic heterocycles. The summed E-state index contributed by atoms with van der Waals surface area (Å²) >= 11 is 7.28. The van der Waals surface area contributed by atoms with Crippen LogP contribution in [0.4, 0.5) is 5.69 Å². The normalized spacial score (nSPS) is 10.8. The monoisotopic (exact) mass is 401 g/mol. The molecule has 140 valence electrons. The highest BCUT2D eigenvalue weighted by molar-refractivity contribution is 7.99. The average molecular weight is 402 g/mol. The number of nitrogens with one attached hydrogen (secondary N) is 1. The van der Waals surface area contributed by atoms with Gasteiger partial charge in [0.25, 0.3) is 0 Å². The zero-order valence-corrected chi connectivity index (χ0v) is 16.4. The molecule has 0 atom stereocenters. The lowest BCUT2D eigenvalue weighted by molar-refractivity contribution is -0.113. The summed E-state index contributed by atoms with van der Waals surface area (Å²) in [7, 11) is 0. The Labute approximate surface area is 167 Å². The molecule has 1 aromatic heterocycles. The fraction of sp³-hybridized carbons (Fsp3) is 0.200. The van der Waals surface area contributed by atoms with Crippen LogP contribution in [0.2, 0.25) is 5.02 Å². The number of carbonyl (C=O) groups excluding carboxylic acids is 1. The van der Waals surface area contributed by atoms with Crippen LogP contribution in [0.3, 0.4) is 0 Å². The smallest absolute Gasteiger partial charge is 0.234 e. The van der Waals surface area contributed by atoms with Gasteiger partial charge in [0.15, 0.2) is 5.16 Å². The van der Waals surface area contributed by atoms with E-state index in [9.17, 15) is 9.90 Å². The van der Waals surface area contributed by atoms with Gasteiger partial charge < -0.3 is 15.0 Å². The van der Waals surface area contributed by atoms with E-state index in [2.05, 4.69) is 10.3 Å². The number of aromatic nitrogens is 2. The van der Waals surface area contributed by atoms with E-state index in [4.69, 9.17) is 11.6 Å². The minimum atomic E-state index is -0.114. The molecular weight excluding hydrogens is 382 g/mol. The van der Waals surface area contributed by atoms with Gasteiger partial charge in [-0.3, -0.25) is 4.79 Å². The van der Waals surface area contributed by atoms with Crippen LogP contribution in [-0.4, -0.2) is 26.3 Å². The number of anilines is 1. The van der Waals surface area contributed by atoms with Gasteiger partial charge >= 0.3 is 0 Å². The number of rotatable bonds is 7. The van der Waals surface area contributed by atoms with Crippen molar-refractivity contribution in [1.29, 1.82) is 0 Å². The number of halogens is 1. The van der Waals surface area contributed by atoms with Crippen LogP contribution in [0.15, 0.2) is 59.9 Å². The first kappa shape index (κ1) is 19.5. The van der Waals surface area contributed by atoms with E-state index >= 15 is 0 Å². The first-order valence-corrected chi connectivity index (χ1v) is 9.80. The van der Waals surface area contributed by atoms with E-state index in [1.165, 1.54) is 11.8 Å². The van der Waals surface area contributed by atoms with Crippen molar-refractivity contribution in [2.75, 3.05) is 11.1 Å². The standard InChI is InChI=1S/C20H20ClN3O2S/c1-14-3-2-4-17(9-14)23-19(26)13-27-20-22-10-18(12-25)24(20)11-15-5-7-16(21)8-6-15/h2-10,25H,11-13H2,1H3,(H,23,26). The number of nitrogens with zero attached hydrogens (tertiary/aromatic N) is 2. The van der Waals surface area contributed by atoms with Gasteiger partial charge in [-0.25, -0.2) is 4.98 Å². The Morgan fingerprint density at radius 1 is 1.26 bits per heavy atom. The maximum Gasteiger partial charge on any atom is 0.234 e. The number of aryl methyl sites for hydroxylation is 1. The van der Waals surface area contributed by atoms with Gasteiger partial charge in [-0.1, -0.05) is 47.6 Å². The fourth-order valence-electron chi connectivity index (χ4n) is 2.62. The molecule has 0 radical (unpaired) electrons. The van der Waals surface area contributed by atoms with Crippen LogP contribution in [0.5, 0.6) is 0 Å². The molecule has 0 bridgehead atoms. The molecule has 0 unspecified atom stereocenters. The molecule has 0 saturated carbocycles. The molecule has 1 heterocycles. The summed E-state index contributed by atoms with van der Waals surface area (Å²) in [5.74, 6) is 0.133. The third-order valence-corrected chi connectivity index (χ3v) is 5.19. The second-order valence-electron chi connectivity index (χ2n) is 6.11. The zero-order chi connectivity index (χ0) is 19.2. The molecule has 0 spiro atoms.